The van der Waals surface area contributed by atoms with E-state index in [9.17, 15) is 9.59 Å². The second-order valence-electron chi connectivity index (χ2n) is 5.52. The van der Waals surface area contributed by atoms with Crippen molar-refractivity contribution in [2.24, 2.45) is 0 Å². The van der Waals surface area contributed by atoms with Gasteiger partial charge in [0.15, 0.2) is 0 Å². The largest absolute Gasteiger partial charge is 0.487 e. The summed E-state index contributed by atoms with van der Waals surface area (Å²) in [6.45, 7) is 0.302. The summed E-state index contributed by atoms with van der Waals surface area (Å²) in [4.78, 5) is 28.7. The number of nitrogens with zero attached hydrogens (tertiary/aromatic N) is 1. The molecule has 3 rings (SSSR count). The average molecular weight is 383 g/mol. The first kappa shape index (κ1) is 18.6. The minimum Gasteiger partial charge on any atom is -0.487 e. The predicted octanol–water partition coefficient (Wildman–Crippen LogP) is 3.79. The van der Waals surface area contributed by atoms with Crippen LogP contribution >= 0.6 is 11.3 Å². The van der Waals surface area contributed by atoms with Crippen LogP contribution in [-0.4, -0.2) is 24.0 Å². The Balaban J connectivity index is 1.72. The summed E-state index contributed by atoms with van der Waals surface area (Å²) in [6, 6.07) is 15.3. The van der Waals surface area contributed by atoms with Crippen LogP contribution in [0.4, 0.5) is 0 Å². The highest BCUT2D eigenvalue weighted by Crippen LogP contribution is 2.22. The van der Waals surface area contributed by atoms with Crippen molar-refractivity contribution >= 4 is 23.3 Å². The van der Waals surface area contributed by atoms with E-state index in [4.69, 9.17) is 14.2 Å². The lowest BCUT2D eigenvalue weighted by Gasteiger charge is -2.16. The summed E-state index contributed by atoms with van der Waals surface area (Å²) in [6.07, 6.45) is -1.14. The quantitative estimate of drug-likeness (QED) is 0.578. The maximum atomic E-state index is 12.5. The molecule has 0 aliphatic rings. The zero-order valence-corrected chi connectivity index (χ0v) is 15.3. The Hall–Kier alpha value is -3.19. The lowest BCUT2D eigenvalue weighted by atomic mass is 10.1. The molecule has 0 N–H and O–H groups in total. The predicted molar refractivity (Wildman–Crippen MR) is 99.5 cm³/mol. The number of hydrogen-bond donors (Lipinski definition) is 0. The summed E-state index contributed by atoms with van der Waals surface area (Å²) in [5.74, 6) is -0.786. The van der Waals surface area contributed by atoms with Crippen LogP contribution in [0.25, 0.3) is 0 Å². The SMILES string of the molecule is COC(=O)C(OC(=O)c1cccc(OCc2cscn2)c1)c1ccccc1. The molecule has 0 aliphatic carbocycles. The van der Waals surface area contributed by atoms with Crippen LogP contribution in [0.15, 0.2) is 65.5 Å². The van der Waals surface area contributed by atoms with Gasteiger partial charge in [0.2, 0.25) is 6.10 Å². The molecule has 0 saturated heterocycles. The molecular weight excluding hydrogens is 366 g/mol. The van der Waals surface area contributed by atoms with Gasteiger partial charge in [-0.2, -0.15) is 0 Å². The summed E-state index contributed by atoms with van der Waals surface area (Å²) >= 11 is 1.48. The van der Waals surface area contributed by atoms with Crippen LogP contribution in [0, 0.1) is 0 Å². The van der Waals surface area contributed by atoms with Gasteiger partial charge in [0.25, 0.3) is 0 Å². The molecule has 1 atom stereocenters. The van der Waals surface area contributed by atoms with Gasteiger partial charge < -0.3 is 14.2 Å². The summed E-state index contributed by atoms with van der Waals surface area (Å²) in [7, 11) is 1.25. The highest BCUT2D eigenvalue weighted by molar-refractivity contribution is 7.07. The Labute approximate surface area is 160 Å². The molecule has 138 valence electrons. The summed E-state index contributed by atoms with van der Waals surface area (Å²) in [5, 5.41) is 1.89. The van der Waals surface area contributed by atoms with E-state index in [-0.39, 0.29) is 5.56 Å². The Kier molecular flexibility index (Phi) is 6.17. The Morgan fingerprint density at radius 1 is 1.11 bits per heavy atom. The van der Waals surface area contributed by atoms with Crippen LogP contribution in [0.3, 0.4) is 0 Å². The van der Waals surface area contributed by atoms with Gasteiger partial charge in [-0.1, -0.05) is 36.4 Å². The maximum Gasteiger partial charge on any atom is 0.351 e. The number of carbonyl (C=O) groups is 2. The number of thiazole rings is 1. The minimum atomic E-state index is -1.14. The third kappa shape index (κ3) is 4.92. The van der Waals surface area contributed by atoms with Gasteiger partial charge in [0.05, 0.1) is 23.9 Å². The molecule has 2 aromatic carbocycles. The number of hydrogen-bond acceptors (Lipinski definition) is 7. The van der Waals surface area contributed by atoms with E-state index in [2.05, 4.69) is 4.98 Å². The van der Waals surface area contributed by atoms with Crippen molar-refractivity contribution in [1.82, 2.24) is 4.98 Å². The molecule has 3 aromatic rings. The molecule has 0 amide bonds. The van der Waals surface area contributed by atoms with Crippen LogP contribution in [0.5, 0.6) is 5.75 Å². The fourth-order valence-electron chi connectivity index (χ4n) is 2.34. The number of benzene rings is 2. The molecule has 27 heavy (non-hydrogen) atoms. The number of methoxy groups -OCH3 is 1. The Morgan fingerprint density at radius 2 is 1.93 bits per heavy atom. The lowest BCUT2D eigenvalue weighted by molar-refractivity contribution is -0.151. The third-order valence-corrected chi connectivity index (χ3v) is 4.32. The van der Waals surface area contributed by atoms with E-state index in [1.807, 2.05) is 11.4 Å². The van der Waals surface area contributed by atoms with Crippen molar-refractivity contribution in [2.75, 3.05) is 7.11 Å². The van der Waals surface area contributed by atoms with E-state index in [1.165, 1.54) is 18.4 Å². The smallest absolute Gasteiger partial charge is 0.351 e. The van der Waals surface area contributed by atoms with Crippen molar-refractivity contribution in [1.29, 1.82) is 0 Å². The Morgan fingerprint density at radius 3 is 2.63 bits per heavy atom. The molecule has 0 fully saturated rings. The third-order valence-electron chi connectivity index (χ3n) is 3.68. The normalized spacial score (nSPS) is 11.4. The zero-order valence-electron chi connectivity index (χ0n) is 14.5. The maximum absolute atomic E-state index is 12.5. The number of rotatable bonds is 7. The first-order valence-corrected chi connectivity index (χ1v) is 9.05. The number of aromatic nitrogens is 1. The van der Waals surface area contributed by atoms with Crippen LogP contribution in [-0.2, 0) is 20.9 Å². The van der Waals surface area contributed by atoms with Gasteiger partial charge in [0.1, 0.15) is 12.4 Å². The van der Waals surface area contributed by atoms with Gasteiger partial charge in [-0.25, -0.2) is 14.6 Å². The van der Waals surface area contributed by atoms with E-state index in [0.29, 0.717) is 17.9 Å². The van der Waals surface area contributed by atoms with E-state index >= 15 is 0 Å². The van der Waals surface area contributed by atoms with E-state index < -0.39 is 18.0 Å². The monoisotopic (exact) mass is 383 g/mol. The van der Waals surface area contributed by atoms with Crippen molar-refractivity contribution in [3.63, 3.8) is 0 Å². The fraction of sp³-hybridized carbons (Fsp3) is 0.150. The molecule has 6 nitrogen and oxygen atoms in total. The molecule has 0 saturated carbocycles. The van der Waals surface area contributed by atoms with E-state index in [1.54, 1.807) is 54.0 Å². The molecule has 0 aliphatic heterocycles. The molecule has 1 unspecified atom stereocenters. The van der Waals surface area contributed by atoms with Crippen LogP contribution < -0.4 is 4.74 Å². The summed E-state index contributed by atoms with van der Waals surface area (Å²) in [5.41, 5.74) is 3.34. The van der Waals surface area contributed by atoms with Crippen molar-refractivity contribution < 1.29 is 23.8 Å². The molecule has 1 heterocycles. The van der Waals surface area contributed by atoms with Crippen molar-refractivity contribution in [3.05, 3.63) is 82.3 Å². The molecule has 7 heteroatoms. The highest BCUT2D eigenvalue weighted by atomic mass is 32.1. The van der Waals surface area contributed by atoms with Crippen LogP contribution in [0.1, 0.15) is 27.7 Å². The molecule has 0 spiro atoms. The number of ether oxygens (including phenoxy) is 3. The van der Waals surface area contributed by atoms with Gasteiger partial charge in [-0.15, -0.1) is 11.3 Å². The van der Waals surface area contributed by atoms with Gasteiger partial charge in [-0.3, -0.25) is 0 Å². The second-order valence-corrected chi connectivity index (χ2v) is 6.23. The first-order chi connectivity index (χ1) is 13.2. The minimum absolute atomic E-state index is 0.274. The standard InChI is InChI=1S/C20H17NO5S/c1-24-20(23)18(14-6-3-2-4-7-14)26-19(22)15-8-5-9-17(10-15)25-11-16-12-27-13-21-16/h2-10,12-13,18H,11H2,1H3. The van der Waals surface area contributed by atoms with Crippen LogP contribution in [0.2, 0.25) is 0 Å². The number of esters is 2. The second kappa shape index (κ2) is 8.95. The van der Waals surface area contributed by atoms with Crippen molar-refractivity contribution in [2.45, 2.75) is 12.7 Å². The van der Waals surface area contributed by atoms with Gasteiger partial charge >= 0.3 is 11.9 Å². The fourth-order valence-corrected chi connectivity index (χ4v) is 2.88. The Bertz CT molecular complexity index is 896. The van der Waals surface area contributed by atoms with Crippen molar-refractivity contribution in [3.8, 4) is 5.75 Å². The molecule has 0 radical (unpaired) electrons. The average Bonchev–Trinajstić information content (AvgIpc) is 3.24. The van der Waals surface area contributed by atoms with Gasteiger partial charge in [0, 0.05) is 10.9 Å². The molecule has 1 aromatic heterocycles. The lowest BCUT2D eigenvalue weighted by Crippen LogP contribution is -2.21. The van der Waals surface area contributed by atoms with E-state index in [0.717, 1.165) is 5.69 Å². The number of carbonyl (C=O) groups excluding carboxylic acids is 2. The molecule has 0 bridgehead atoms. The van der Waals surface area contributed by atoms with Gasteiger partial charge in [-0.05, 0) is 18.2 Å². The highest BCUT2D eigenvalue weighted by Gasteiger charge is 2.26. The first-order valence-electron chi connectivity index (χ1n) is 8.11. The summed E-state index contributed by atoms with van der Waals surface area (Å²) < 4.78 is 15.8. The zero-order chi connectivity index (χ0) is 19.1. The molecular formula is C20H17NO5S. The topological polar surface area (TPSA) is 74.7 Å².